The zero-order valence-corrected chi connectivity index (χ0v) is 14.3. The third-order valence-electron chi connectivity index (χ3n) is 5.20. The third-order valence-corrected chi connectivity index (χ3v) is 5.20. The minimum absolute atomic E-state index is 0.0530. The van der Waals surface area contributed by atoms with Crippen molar-refractivity contribution in [3.8, 4) is 0 Å². The lowest BCUT2D eigenvalue weighted by molar-refractivity contribution is -0.130. The van der Waals surface area contributed by atoms with Crippen molar-refractivity contribution >= 4 is 22.7 Å². The number of amides is 2. The highest BCUT2D eigenvalue weighted by Crippen LogP contribution is 2.40. The Morgan fingerprint density at radius 1 is 1.28 bits per heavy atom. The zero-order chi connectivity index (χ0) is 17.7. The Balaban J connectivity index is 1.77. The maximum Gasteiger partial charge on any atom is 0.255 e. The van der Waals surface area contributed by atoms with Gasteiger partial charge in [0.25, 0.3) is 5.91 Å². The van der Waals surface area contributed by atoms with E-state index in [1.807, 2.05) is 0 Å². The summed E-state index contributed by atoms with van der Waals surface area (Å²) in [6, 6.07) is 5.64. The van der Waals surface area contributed by atoms with Crippen molar-refractivity contribution in [2.75, 3.05) is 20.6 Å². The lowest BCUT2D eigenvalue weighted by Crippen LogP contribution is -2.42. The van der Waals surface area contributed by atoms with Crippen LogP contribution in [-0.4, -0.2) is 53.3 Å². The number of likely N-dealkylation sites (N-methyl/N-ethyl adjacent to an activating group) is 2. The summed E-state index contributed by atoms with van der Waals surface area (Å²) in [6.45, 7) is 0.639. The number of pyridine rings is 1. The van der Waals surface area contributed by atoms with Gasteiger partial charge >= 0.3 is 0 Å². The molecule has 0 bridgehead atoms. The summed E-state index contributed by atoms with van der Waals surface area (Å²) in [6.07, 6.45) is 2.74. The van der Waals surface area contributed by atoms with Gasteiger partial charge in [-0.15, -0.1) is 0 Å². The molecule has 25 heavy (non-hydrogen) atoms. The van der Waals surface area contributed by atoms with Crippen molar-refractivity contribution in [3.05, 3.63) is 41.3 Å². The number of nitrogens with zero attached hydrogens (tertiary/aromatic N) is 3. The van der Waals surface area contributed by atoms with Gasteiger partial charge in [0.05, 0.1) is 11.1 Å². The molecule has 1 aliphatic carbocycles. The van der Waals surface area contributed by atoms with Gasteiger partial charge < -0.3 is 9.80 Å². The Kier molecular flexibility index (Phi) is 3.71. The van der Waals surface area contributed by atoms with Crippen LogP contribution in [0.3, 0.4) is 0 Å². The molecule has 2 aliphatic rings. The van der Waals surface area contributed by atoms with Crippen LogP contribution in [-0.2, 0) is 4.79 Å². The minimum atomic E-state index is -0.460. The van der Waals surface area contributed by atoms with Gasteiger partial charge in [-0.1, -0.05) is 0 Å². The van der Waals surface area contributed by atoms with E-state index in [0.717, 1.165) is 18.5 Å². The molecule has 0 N–H and O–H groups in total. The van der Waals surface area contributed by atoms with E-state index >= 15 is 0 Å². The number of likely N-dealkylation sites (tertiary alicyclic amines) is 1. The molecule has 6 heteroatoms. The number of hydrogen-bond acceptors (Lipinski definition) is 3. The molecule has 0 radical (unpaired) electrons. The van der Waals surface area contributed by atoms with Crippen molar-refractivity contribution in [3.63, 3.8) is 0 Å². The molecule has 0 spiro atoms. The number of benzene rings is 1. The number of carbonyl (C=O) groups is 2. The van der Waals surface area contributed by atoms with E-state index in [1.54, 1.807) is 31.1 Å². The maximum absolute atomic E-state index is 13.8. The quantitative estimate of drug-likeness (QED) is 0.862. The smallest absolute Gasteiger partial charge is 0.255 e. The average Bonchev–Trinajstić information content (AvgIpc) is 3.40. The van der Waals surface area contributed by atoms with Crippen LogP contribution in [0, 0.1) is 5.82 Å². The fourth-order valence-corrected chi connectivity index (χ4v) is 3.48. The second-order valence-electron chi connectivity index (χ2n) is 7.01. The average molecular weight is 341 g/mol. The van der Waals surface area contributed by atoms with Crippen molar-refractivity contribution in [2.45, 2.75) is 31.2 Å². The van der Waals surface area contributed by atoms with Crippen LogP contribution in [0.15, 0.2) is 24.3 Å². The Bertz CT molecular complexity index is 878. The van der Waals surface area contributed by atoms with Crippen molar-refractivity contribution < 1.29 is 14.0 Å². The molecule has 2 heterocycles. The lowest BCUT2D eigenvalue weighted by atomic mass is 10.0. The predicted molar refractivity (Wildman–Crippen MR) is 91.8 cm³/mol. The van der Waals surface area contributed by atoms with Gasteiger partial charge in [0, 0.05) is 37.6 Å². The predicted octanol–water partition coefficient (Wildman–Crippen LogP) is 2.55. The van der Waals surface area contributed by atoms with E-state index in [-0.39, 0.29) is 11.8 Å². The molecule has 1 aromatic carbocycles. The highest BCUT2D eigenvalue weighted by molar-refractivity contribution is 6.07. The first-order chi connectivity index (χ1) is 12.0. The van der Waals surface area contributed by atoms with Gasteiger partial charge in [0.2, 0.25) is 5.91 Å². The Morgan fingerprint density at radius 3 is 2.68 bits per heavy atom. The first-order valence-corrected chi connectivity index (χ1v) is 8.58. The fourth-order valence-electron chi connectivity index (χ4n) is 3.48. The molecule has 2 amide bonds. The van der Waals surface area contributed by atoms with E-state index in [1.165, 1.54) is 17.0 Å². The number of carbonyl (C=O) groups excluding carboxylic acids is 2. The SMILES string of the molecule is CN1CC[C@@H](N(C)C(=O)c2cc(C3CC3)nc3ccc(F)cc23)C1=O. The molecule has 5 nitrogen and oxygen atoms in total. The number of halogens is 1. The fraction of sp³-hybridized carbons (Fsp3) is 0.421. The summed E-state index contributed by atoms with van der Waals surface area (Å²) >= 11 is 0. The molecular formula is C19H20FN3O2. The standard InChI is InChI=1S/C19H20FN3O2/c1-22-8-7-17(19(22)25)23(2)18(24)14-10-16(11-3-4-11)21-15-6-5-12(20)9-13(14)15/h5-6,9-11,17H,3-4,7-8H2,1-2H3/t17-/m1/s1. The summed E-state index contributed by atoms with van der Waals surface area (Å²) in [5.41, 5.74) is 1.93. The van der Waals surface area contributed by atoms with Crippen LogP contribution in [0.1, 0.15) is 41.2 Å². The molecule has 1 aliphatic heterocycles. The van der Waals surface area contributed by atoms with Gasteiger partial charge in [-0.25, -0.2) is 4.39 Å². The summed E-state index contributed by atoms with van der Waals surface area (Å²) in [7, 11) is 3.38. The van der Waals surface area contributed by atoms with Crippen LogP contribution >= 0.6 is 0 Å². The molecule has 1 saturated heterocycles. The van der Waals surface area contributed by atoms with Crippen molar-refractivity contribution in [1.82, 2.24) is 14.8 Å². The Hall–Kier alpha value is -2.50. The third kappa shape index (κ3) is 2.75. The largest absolute Gasteiger partial charge is 0.344 e. The van der Waals surface area contributed by atoms with E-state index in [0.29, 0.717) is 35.3 Å². The topological polar surface area (TPSA) is 53.5 Å². The van der Waals surface area contributed by atoms with Gasteiger partial charge in [-0.2, -0.15) is 0 Å². The maximum atomic E-state index is 13.8. The highest BCUT2D eigenvalue weighted by Gasteiger charge is 2.36. The molecule has 1 atom stereocenters. The second kappa shape index (κ2) is 5.79. The molecule has 2 aromatic rings. The minimum Gasteiger partial charge on any atom is -0.344 e. The monoisotopic (exact) mass is 341 g/mol. The summed E-state index contributed by atoms with van der Waals surface area (Å²) in [5, 5.41) is 0.500. The molecule has 2 fully saturated rings. The Labute approximate surface area is 145 Å². The summed E-state index contributed by atoms with van der Waals surface area (Å²) in [4.78, 5) is 33.1. The highest BCUT2D eigenvalue weighted by atomic mass is 19.1. The van der Waals surface area contributed by atoms with Crippen molar-refractivity contribution in [1.29, 1.82) is 0 Å². The van der Waals surface area contributed by atoms with Gasteiger partial charge in [-0.3, -0.25) is 14.6 Å². The lowest BCUT2D eigenvalue weighted by Gasteiger charge is -2.24. The molecule has 4 rings (SSSR count). The number of fused-ring (bicyclic) bond motifs is 1. The molecule has 0 unspecified atom stereocenters. The molecular weight excluding hydrogens is 321 g/mol. The number of rotatable bonds is 3. The molecule has 1 aromatic heterocycles. The van der Waals surface area contributed by atoms with Crippen LogP contribution in [0.4, 0.5) is 4.39 Å². The number of aromatic nitrogens is 1. The van der Waals surface area contributed by atoms with E-state index < -0.39 is 11.9 Å². The molecule has 130 valence electrons. The first kappa shape index (κ1) is 16.0. The first-order valence-electron chi connectivity index (χ1n) is 8.58. The van der Waals surface area contributed by atoms with Crippen LogP contribution < -0.4 is 0 Å². The molecule has 1 saturated carbocycles. The van der Waals surface area contributed by atoms with Gasteiger partial charge in [-0.05, 0) is 43.5 Å². The summed E-state index contributed by atoms with van der Waals surface area (Å²) in [5.74, 6) is -0.330. The van der Waals surface area contributed by atoms with Crippen LogP contribution in [0.25, 0.3) is 10.9 Å². The van der Waals surface area contributed by atoms with Crippen LogP contribution in [0.2, 0.25) is 0 Å². The van der Waals surface area contributed by atoms with E-state index in [9.17, 15) is 14.0 Å². The zero-order valence-electron chi connectivity index (χ0n) is 14.3. The normalized spacial score (nSPS) is 20.4. The van der Waals surface area contributed by atoms with Crippen molar-refractivity contribution in [2.24, 2.45) is 0 Å². The van der Waals surface area contributed by atoms with Crippen LogP contribution in [0.5, 0.6) is 0 Å². The van der Waals surface area contributed by atoms with Gasteiger partial charge in [0.15, 0.2) is 0 Å². The van der Waals surface area contributed by atoms with Gasteiger partial charge in [0.1, 0.15) is 11.9 Å². The second-order valence-corrected chi connectivity index (χ2v) is 7.01. The Morgan fingerprint density at radius 2 is 2.04 bits per heavy atom. The van der Waals surface area contributed by atoms with E-state index in [2.05, 4.69) is 4.98 Å². The summed E-state index contributed by atoms with van der Waals surface area (Å²) < 4.78 is 13.8. The van der Waals surface area contributed by atoms with E-state index in [4.69, 9.17) is 0 Å². The number of hydrogen-bond donors (Lipinski definition) is 0.